The summed E-state index contributed by atoms with van der Waals surface area (Å²) in [6.07, 6.45) is 3.16. The molecule has 1 fully saturated rings. The van der Waals surface area contributed by atoms with E-state index in [4.69, 9.17) is 10.00 Å². The minimum absolute atomic E-state index is 0.108. The van der Waals surface area contributed by atoms with Gasteiger partial charge in [0, 0.05) is 7.11 Å². The molecule has 1 atom stereocenters. The third-order valence-electron chi connectivity index (χ3n) is 2.28. The molecule has 0 aromatic rings. The van der Waals surface area contributed by atoms with E-state index in [0.717, 1.165) is 19.3 Å². The van der Waals surface area contributed by atoms with Crippen molar-refractivity contribution in [3.8, 4) is 6.07 Å². The van der Waals surface area contributed by atoms with Crippen LogP contribution in [-0.4, -0.2) is 13.2 Å². The lowest BCUT2D eigenvalue weighted by molar-refractivity contribution is 0.0586. The first-order valence-corrected chi connectivity index (χ1v) is 3.73. The predicted octanol–water partition coefficient (Wildman–Crippen LogP) is 1.72. The normalized spacial score (nSPS) is 23.3. The minimum atomic E-state index is -0.108. The quantitative estimate of drug-likeness (QED) is 0.596. The van der Waals surface area contributed by atoms with Gasteiger partial charge in [-0.3, -0.25) is 0 Å². The van der Waals surface area contributed by atoms with Gasteiger partial charge < -0.3 is 4.74 Å². The molecule has 0 amide bonds. The van der Waals surface area contributed by atoms with Gasteiger partial charge in [0.2, 0.25) is 0 Å². The number of nitrogens with zero attached hydrogens (tertiary/aromatic N) is 1. The fraction of sp³-hybridized carbons (Fsp3) is 0.875. The third-order valence-corrected chi connectivity index (χ3v) is 2.28. The molecular weight excluding hydrogens is 126 g/mol. The van der Waals surface area contributed by atoms with Crippen molar-refractivity contribution in [1.82, 2.24) is 0 Å². The molecule has 0 aliphatic heterocycles. The van der Waals surface area contributed by atoms with Gasteiger partial charge in [-0.25, -0.2) is 0 Å². The fourth-order valence-corrected chi connectivity index (χ4v) is 1.42. The van der Waals surface area contributed by atoms with Crippen molar-refractivity contribution in [2.75, 3.05) is 7.11 Å². The van der Waals surface area contributed by atoms with Crippen LogP contribution in [0.1, 0.15) is 26.2 Å². The van der Waals surface area contributed by atoms with Gasteiger partial charge in [-0.2, -0.15) is 5.26 Å². The molecule has 1 aliphatic rings. The Morgan fingerprint density at radius 3 is 2.40 bits per heavy atom. The van der Waals surface area contributed by atoms with Crippen molar-refractivity contribution < 1.29 is 4.74 Å². The molecule has 1 aliphatic carbocycles. The van der Waals surface area contributed by atoms with E-state index in [1.807, 2.05) is 0 Å². The van der Waals surface area contributed by atoms with Crippen LogP contribution in [0.2, 0.25) is 0 Å². The van der Waals surface area contributed by atoms with Crippen molar-refractivity contribution in [3.63, 3.8) is 0 Å². The summed E-state index contributed by atoms with van der Waals surface area (Å²) in [5.41, 5.74) is -0.108. The van der Waals surface area contributed by atoms with Gasteiger partial charge in [-0.05, 0) is 19.3 Å². The van der Waals surface area contributed by atoms with Crippen LogP contribution in [0.25, 0.3) is 0 Å². The van der Waals surface area contributed by atoms with E-state index in [1.54, 1.807) is 7.11 Å². The smallest absolute Gasteiger partial charge is 0.0835 e. The number of nitriles is 1. The van der Waals surface area contributed by atoms with Crippen molar-refractivity contribution in [2.45, 2.75) is 32.3 Å². The Morgan fingerprint density at radius 2 is 2.30 bits per heavy atom. The molecule has 1 saturated carbocycles. The minimum Gasteiger partial charge on any atom is -0.380 e. The van der Waals surface area contributed by atoms with Crippen molar-refractivity contribution >= 4 is 0 Å². The SMILES string of the molecule is CCC(OC)C1(C#N)CC1. The Morgan fingerprint density at radius 1 is 1.70 bits per heavy atom. The van der Waals surface area contributed by atoms with E-state index in [9.17, 15) is 0 Å². The maximum Gasteiger partial charge on any atom is 0.0835 e. The van der Waals surface area contributed by atoms with Crippen molar-refractivity contribution in [2.24, 2.45) is 5.41 Å². The predicted molar refractivity (Wildman–Crippen MR) is 38.4 cm³/mol. The Bertz CT molecular complexity index is 151. The first kappa shape index (κ1) is 7.56. The Hall–Kier alpha value is -0.550. The van der Waals surface area contributed by atoms with Crippen LogP contribution in [-0.2, 0) is 4.74 Å². The summed E-state index contributed by atoms with van der Waals surface area (Å²) < 4.78 is 5.20. The second-order valence-electron chi connectivity index (χ2n) is 2.90. The maximum atomic E-state index is 8.76. The van der Waals surface area contributed by atoms with Gasteiger partial charge in [0.05, 0.1) is 17.6 Å². The van der Waals surface area contributed by atoms with E-state index in [1.165, 1.54) is 0 Å². The molecule has 1 rings (SSSR count). The van der Waals surface area contributed by atoms with Crippen LogP contribution in [0.15, 0.2) is 0 Å². The summed E-state index contributed by atoms with van der Waals surface area (Å²) in [4.78, 5) is 0. The third kappa shape index (κ3) is 1.02. The summed E-state index contributed by atoms with van der Waals surface area (Å²) >= 11 is 0. The second-order valence-corrected chi connectivity index (χ2v) is 2.90. The van der Waals surface area contributed by atoms with E-state index >= 15 is 0 Å². The molecule has 2 nitrogen and oxygen atoms in total. The van der Waals surface area contributed by atoms with E-state index in [-0.39, 0.29) is 11.5 Å². The molecule has 10 heavy (non-hydrogen) atoms. The van der Waals surface area contributed by atoms with Crippen LogP contribution in [0.5, 0.6) is 0 Å². The summed E-state index contributed by atoms with van der Waals surface area (Å²) in [5.74, 6) is 0. The molecule has 0 radical (unpaired) electrons. The van der Waals surface area contributed by atoms with Gasteiger partial charge >= 0.3 is 0 Å². The average molecular weight is 139 g/mol. The first-order chi connectivity index (χ1) is 4.79. The molecule has 0 aromatic carbocycles. The lowest BCUT2D eigenvalue weighted by atomic mass is 9.99. The highest BCUT2D eigenvalue weighted by atomic mass is 16.5. The van der Waals surface area contributed by atoms with Gasteiger partial charge in [0.15, 0.2) is 0 Å². The number of rotatable bonds is 3. The summed E-state index contributed by atoms with van der Waals surface area (Å²) in [6, 6.07) is 2.33. The highest BCUT2D eigenvalue weighted by molar-refractivity contribution is 5.13. The lowest BCUT2D eigenvalue weighted by Gasteiger charge is -2.16. The van der Waals surface area contributed by atoms with E-state index in [2.05, 4.69) is 13.0 Å². The maximum absolute atomic E-state index is 8.76. The molecule has 0 aromatic heterocycles. The molecule has 0 heterocycles. The molecule has 56 valence electrons. The van der Waals surface area contributed by atoms with Crippen LogP contribution < -0.4 is 0 Å². The van der Waals surface area contributed by atoms with E-state index in [0.29, 0.717) is 0 Å². The van der Waals surface area contributed by atoms with Gasteiger partial charge in [0.1, 0.15) is 0 Å². The monoisotopic (exact) mass is 139 g/mol. The number of hydrogen-bond donors (Lipinski definition) is 0. The summed E-state index contributed by atoms with van der Waals surface area (Å²) in [6.45, 7) is 2.06. The molecule has 1 unspecified atom stereocenters. The van der Waals surface area contributed by atoms with Crippen molar-refractivity contribution in [1.29, 1.82) is 5.26 Å². The molecule has 0 bridgehead atoms. The molecule has 0 spiro atoms. The number of hydrogen-bond acceptors (Lipinski definition) is 2. The van der Waals surface area contributed by atoms with Gasteiger partial charge in [0.25, 0.3) is 0 Å². The zero-order chi connectivity index (χ0) is 7.61. The zero-order valence-electron chi connectivity index (χ0n) is 6.55. The standard InChI is InChI=1S/C8H13NO/c1-3-7(10-2)8(6-9)4-5-8/h7H,3-5H2,1-2H3. The highest BCUT2D eigenvalue weighted by Crippen LogP contribution is 2.49. The molecular formula is C8H13NO. The Kier molecular flexibility index (Phi) is 1.96. The largest absolute Gasteiger partial charge is 0.380 e. The van der Waals surface area contributed by atoms with Gasteiger partial charge in [-0.1, -0.05) is 6.92 Å². The molecule has 2 heteroatoms. The van der Waals surface area contributed by atoms with Crippen molar-refractivity contribution in [3.05, 3.63) is 0 Å². The molecule has 0 N–H and O–H groups in total. The highest BCUT2D eigenvalue weighted by Gasteiger charge is 2.49. The van der Waals surface area contributed by atoms with Gasteiger partial charge in [-0.15, -0.1) is 0 Å². The molecule has 0 saturated heterocycles. The Balaban J connectivity index is 2.54. The fourth-order valence-electron chi connectivity index (χ4n) is 1.42. The second kappa shape index (κ2) is 2.59. The summed E-state index contributed by atoms with van der Waals surface area (Å²) in [7, 11) is 1.69. The van der Waals surface area contributed by atoms with Crippen LogP contribution in [0, 0.1) is 16.7 Å². The topological polar surface area (TPSA) is 33.0 Å². The number of ether oxygens (including phenoxy) is 1. The summed E-state index contributed by atoms with van der Waals surface area (Å²) in [5, 5.41) is 8.76. The van der Waals surface area contributed by atoms with Crippen LogP contribution in [0.3, 0.4) is 0 Å². The van der Waals surface area contributed by atoms with Crippen LogP contribution >= 0.6 is 0 Å². The first-order valence-electron chi connectivity index (χ1n) is 3.73. The Labute approximate surface area is 61.8 Å². The zero-order valence-corrected chi connectivity index (χ0v) is 6.55. The lowest BCUT2D eigenvalue weighted by Crippen LogP contribution is -2.21. The van der Waals surface area contributed by atoms with E-state index < -0.39 is 0 Å². The number of methoxy groups -OCH3 is 1. The van der Waals surface area contributed by atoms with Crippen LogP contribution in [0.4, 0.5) is 0 Å². The average Bonchev–Trinajstić information content (AvgIpc) is 2.72.